The van der Waals surface area contributed by atoms with Gasteiger partial charge in [-0.15, -0.1) is 0 Å². The van der Waals surface area contributed by atoms with Crippen LogP contribution < -0.4 is 10.6 Å². The molecule has 26 heavy (non-hydrogen) atoms. The van der Waals surface area contributed by atoms with E-state index in [1.54, 1.807) is 0 Å². The molecular weight excluding hydrogens is 332 g/mol. The first kappa shape index (κ1) is 20.8. The second kappa shape index (κ2) is 10.0. The van der Waals surface area contributed by atoms with Crippen molar-refractivity contribution in [2.24, 2.45) is 11.8 Å². The largest absolute Gasteiger partial charge is 0.336 e. The fourth-order valence-corrected chi connectivity index (χ4v) is 3.87. The number of likely N-dealkylation sites (N-methyl/N-ethyl adjacent to an activating group) is 1. The van der Waals surface area contributed by atoms with Crippen molar-refractivity contribution in [2.75, 3.05) is 40.3 Å². The molecule has 1 aliphatic heterocycles. The molecule has 1 aliphatic carbocycles. The summed E-state index contributed by atoms with van der Waals surface area (Å²) in [6, 6.07) is 0.0434. The number of fused-ring (bicyclic) bond motifs is 1. The fourth-order valence-electron chi connectivity index (χ4n) is 3.87. The highest BCUT2D eigenvalue weighted by atomic mass is 16.2. The summed E-state index contributed by atoms with van der Waals surface area (Å²) < 4.78 is 0. The molecule has 7 heteroatoms. The Kier molecular flexibility index (Phi) is 8.03. The smallest absolute Gasteiger partial charge is 0.324 e. The van der Waals surface area contributed by atoms with Crippen molar-refractivity contribution >= 4 is 17.7 Å². The van der Waals surface area contributed by atoms with Crippen LogP contribution in [0, 0.1) is 11.8 Å². The lowest BCUT2D eigenvalue weighted by Gasteiger charge is -2.40. The van der Waals surface area contributed by atoms with Crippen LogP contribution in [0.2, 0.25) is 0 Å². The maximum absolute atomic E-state index is 13.0. The average molecular weight is 367 g/mol. The van der Waals surface area contributed by atoms with Gasteiger partial charge in [-0.1, -0.05) is 13.3 Å². The van der Waals surface area contributed by atoms with Crippen molar-refractivity contribution in [3.63, 3.8) is 0 Å². The molecule has 0 bridgehead atoms. The number of rotatable bonds is 7. The minimum atomic E-state index is -0.299. The third-order valence-electron chi connectivity index (χ3n) is 5.44. The van der Waals surface area contributed by atoms with E-state index in [0.29, 0.717) is 50.7 Å². The zero-order valence-corrected chi connectivity index (χ0v) is 16.4. The zero-order valence-electron chi connectivity index (χ0n) is 16.4. The summed E-state index contributed by atoms with van der Waals surface area (Å²) in [6.07, 6.45) is 4.51. The molecule has 0 aromatic rings. The highest BCUT2D eigenvalue weighted by molar-refractivity contribution is 5.95. The molecule has 0 radical (unpaired) electrons. The minimum absolute atomic E-state index is 0.107. The summed E-state index contributed by atoms with van der Waals surface area (Å²) in [5.74, 6) is 0.192. The molecular formula is C19H34N4O3. The van der Waals surface area contributed by atoms with E-state index in [4.69, 9.17) is 0 Å². The van der Waals surface area contributed by atoms with Crippen LogP contribution in [0.4, 0.5) is 4.79 Å². The van der Waals surface area contributed by atoms with E-state index in [2.05, 4.69) is 10.6 Å². The molecule has 2 aliphatic rings. The van der Waals surface area contributed by atoms with Gasteiger partial charge in [-0.2, -0.15) is 0 Å². The Morgan fingerprint density at radius 3 is 2.73 bits per heavy atom. The van der Waals surface area contributed by atoms with E-state index in [1.165, 1.54) is 4.90 Å². The molecule has 2 N–H and O–H groups in total. The van der Waals surface area contributed by atoms with Crippen molar-refractivity contribution in [3.05, 3.63) is 0 Å². The molecule has 2 rings (SSSR count). The van der Waals surface area contributed by atoms with Crippen LogP contribution in [-0.2, 0) is 9.59 Å². The van der Waals surface area contributed by atoms with E-state index >= 15 is 0 Å². The molecule has 0 aromatic carbocycles. The number of unbranched alkanes of at least 4 members (excludes halogenated alkanes) is 1. The summed E-state index contributed by atoms with van der Waals surface area (Å²) in [7, 11) is 3.89. The predicted molar refractivity (Wildman–Crippen MR) is 101 cm³/mol. The van der Waals surface area contributed by atoms with E-state index < -0.39 is 0 Å². The number of Topliss-reactive ketones (excluding diaryl/α,β-unsaturated/α-hetero) is 1. The molecule has 3 atom stereocenters. The van der Waals surface area contributed by atoms with Gasteiger partial charge in [0.05, 0.1) is 5.92 Å². The number of hydrogen-bond acceptors (Lipinski definition) is 5. The second-order valence-corrected chi connectivity index (χ2v) is 7.87. The van der Waals surface area contributed by atoms with E-state index in [0.717, 1.165) is 25.8 Å². The SMILES string of the molecule is CCCCN(C(=O)NCCN(C)C)C(=O)[C@H]1CN[C@@H]2CCC(=O)C[C@H]2C1. The van der Waals surface area contributed by atoms with Gasteiger partial charge in [0.25, 0.3) is 0 Å². The quantitative estimate of drug-likeness (QED) is 0.708. The maximum Gasteiger partial charge on any atom is 0.324 e. The van der Waals surface area contributed by atoms with Crippen LogP contribution in [0.15, 0.2) is 0 Å². The Bertz CT molecular complexity index is 509. The first-order valence-electron chi connectivity index (χ1n) is 9.91. The summed E-state index contributed by atoms with van der Waals surface area (Å²) in [5, 5.41) is 6.30. The molecule has 0 aromatic heterocycles. The van der Waals surface area contributed by atoms with Crippen LogP contribution in [0.25, 0.3) is 0 Å². The number of carbonyl (C=O) groups excluding carboxylic acids is 3. The molecule has 0 spiro atoms. The van der Waals surface area contributed by atoms with Gasteiger partial charge < -0.3 is 15.5 Å². The summed E-state index contributed by atoms with van der Waals surface area (Å²) in [6.45, 7) is 4.35. The highest BCUT2D eigenvalue weighted by Gasteiger charge is 2.39. The highest BCUT2D eigenvalue weighted by Crippen LogP contribution is 2.32. The third-order valence-corrected chi connectivity index (χ3v) is 5.44. The maximum atomic E-state index is 13.0. The lowest BCUT2D eigenvalue weighted by Crippen LogP contribution is -2.55. The topological polar surface area (TPSA) is 81.8 Å². The van der Waals surface area contributed by atoms with Gasteiger partial charge in [-0.3, -0.25) is 14.5 Å². The Labute approximate surface area is 156 Å². The number of hydrogen-bond donors (Lipinski definition) is 2. The monoisotopic (exact) mass is 366 g/mol. The van der Waals surface area contributed by atoms with E-state index in [9.17, 15) is 14.4 Å². The first-order chi connectivity index (χ1) is 12.4. The Morgan fingerprint density at radius 1 is 1.27 bits per heavy atom. The van der Waals surface area contributed by atoms with Gasteiger partial charge in [0.15, 0.2) is 0 Å². The van der Waals surface area contributed by atoms with E-state index in [1.807, 2.05) is 25.9 Å². The van der Waals surface area contributed by atoms with Crippen LogP contribution >= 0.6 is 0 Å². The van der Waals surface area contributed by atoms with Gasteiger partial charge >= 0.3 is 6.03 Å². The van der Waals surface area contributed by atoms with Crippen molar-refractivity contribution in [3.8, 4) is 0 Å². The zero-order chi connectivity index (χ0) is 19.1. The summed E-state index contributed by atoms with van der Waals surface area (Å²) in [4.78, 5) is 40.7. The molecule has 1 heterocycles. The predicted octanol–water partition coefficient (Wildman–Crippen LogP) is 1.23. The molecule has 2 fully saturated rings. The number of piperidine rings is 1. The molecule has 7 nitrogen and oxygen atoms in total. The first-order valence-corrected chi connectivity index (χ1v) is 9.91. The van der Waals surface area contributed by atoms with Crippen LogP contribution in [0.1, 0.15) is 45.4 Å². The molecule has 0 unspecified atom stereocenters. The van der Waals surface area contributed by atoms with Gasteiger partial charge in [0, 0.05) is 45.1 Å². The number of nitrogens with zero attached hydrogens (tertiary/aromatic N) is 2. The Morgan fingerprint density at radius 2 is 2.04 bits per heavy atom. The lowest BCUT2D eigenvalue weighted by atomic mass is 9.75. The number of carbonyl (C=O) groups is 3. The fraction of sp³-hybridized carbons (Fsp3) is 0.842. The Balaban J connectivity index is 1.96. The van der Waals surface area contributed by atoms with Crippen molar-refractivity contribution in [2.45, 2.75) is 51.5 Å². The van der Waals surface area contributed by atoms with Crippen molar-refractivity contribution in [1.82, 2.24) is 20.4 Å². The lowest BCUT2D eigenvalue weighted by molar-refractivity contribution is -0.135. The number of amides is 3. The van der Waals surface area contributed by atoms with Crippen molar-refractivity contribution < 1.29 is 14.4 Å². The molecule has 3 amide bonds. The number of imide groups is 1. The number of ketones is 1. The average Bonchev–Trinajstić information content (AvgIpc) is 2.60. The molecule has 1 saturated heterocycles. The molecule has 148 valence electrons. The van der Waals surface area contributed by atoms with Gasteiger partial charge in [0.2, 0.25) is 5.91 Å². The second-order valence-electron chi connectivity index (χ2n) is 7.87. The van der Waals surface area contributed by atoms with Gasteiger partial charge in [-0.25, -0.2) is 4.79 Å². The standard InChI is InChI=1S/C19H34N4O3/c1-4-5-9-23(19(26)20-8-10-22(2)3)18(25)15-11-14-12-16(24)6-7-17(14)21-13-15/h14-15,17,21H,4-13H2,1-3H3,(H,20,26)/t14-,15-,17-/m1/s1. The van der Waals surface area contributed by atoms with Crippen molar-refractivity contribution in [1.29, 1.82) is 0 Å². The van der Waals surface area contributed by atoms with E-state index in [-0.39, 0.29) is 23.8 Å². The van der Waals surface area contributed by atoms with Crippen LogP contribution in [0.5, 0.6) is 0 Å². The molecule has 1 saturated carbocycles. The third kappa shape index (κ3) is 5.77. The van der Waals surface area contributed by atoms with Crippen LogP contribution in [-0.4, -0.2) is 73.8 Å². The van der Waals surface area contributed by atoms with Gasteiger partial charge in [0.1, 0.15) is 5.78 Å². The normalized spacial score (nSPS) is 25.7. The Hall–Kier alpha value is -1.47. The number of nitrogens with one attached hydrogen (secondary N) is 2. The summed E-state index contributed by atoms with van der Waals surface area (Å²) >= 11 is 0. The van der Waals surface area contributed by atoms with Crippen LogP contribution in [0.3, 0.4) is 0 Å². The summed E-state index contributed by atoms with van der Waals surface area (Å²) in [5.41, 5.74) is 0. The minimum Gasteiger partial charge on any atom is -0.336 e. The number of urea groups is 1. The van der Waals surface area contributed by atoms with Gasteiger partial charge in [-0.05, 0) is 39.3 Å².